The lowest BCUT2D eigenvalue weighted by Gasteiger charge is -2.23. The predicted octanol–water partition coefficient (Wildman–Crippen LogP) is 1.58. The Morgan fingerprint density at radius 2 is 1.94 bits per heavy atom. The Labute approximate surface area is 99.2 Å². The van der Waals surface area contributed by atoms with Gasteiger partial charge in [-0.25, -0.2) is 0 Å². The van der Waals surface area contributed by atoms with Crippen LogP contribution in [0.25, 0.3) is 0 Å². The van der Waals surface area contributed by atoms with Gasteiger partial charge < -0.3 is 4.90 Å². The first-order chi connectivity index (χ1) is 8.02. The molecular formula is C13H13NO3. The molecule has 0 saturated heterocycles. The minimum Gasteiger partial charge on any atom is -0.302 e. The number of anilines is 1. The summed E-state index contributed by atoms with van der Waals surface area (Å²) in [5.41, 5.74) is 1.03. The maximum Gasteiger partial charge on any atom is 0.299 e. The zero-order chi connectivity index (χ0) is 12.6. The third kappa shape index (κ3) is 1.86. The molecule has 1 heterocycles. The van der Waals surface area contributed by atoms with Crippen molar-refractivity contribution in [1.82, 2.24) is 0 Å². The standard InChI is InChI=1S/C13H13NO3/c1-8(7-9(2)15)14-11-6-4-3-5-10(11)12(16)13(14)17/h3-6,8H,7H2,1-2H3/t8-/m0/s1. The molecule has 17 heavy (non-hydrogen) atoms. The van der Waals surface area contributed by atoms with Crippen LogP contribution in [0.3, 0.4) is 0 Å². The Balaban J connectivity index is 2.39. The van der Waals surface area contributed by atoms with Gasteiger partial charge in [-0.1, -0.05) is 12.1 Å². The van der Waals surface area contributed by atoms with Crippen molar-refractivity contribution < 1.29 is 14.4 Å². The average Bonchev–Trinajstić information content (AvgIpc) is 2.51. The molecular weight excluding hydrogens is 218 g/mol. The van der Waals surface area contributed by atoms with Gasteiger partial charge in [-0.2, -0.15) is 0 Å². The largest absolute Gasteiger partial charge is 0.302 e. The van der Waals surface area contributed by atoms with Gasteiger partial charge in [0.1, 0.15) is 5.78 Å². The first-order valence-electron chi connectivity index (χ1n) is 5.48. The van der Waals surface area contributed by atoms with Crippen LogP contribution in [0.15, 0.2) is 24.3 Å². The monoisotopic (exact) mass is 231 g/mol. The number of hydrogen-bond donors (Lipinski definition) is 0. The summed E-state index contributed by atoms with van der Waals surface area (Å²) in [6.07, 6.45) is 0.257. The highest BCUT2D eigenvalue weighted by Gasteiger charge is 2.38. The van der Waals surface area contributed by atoms with Crippen molar-refractivity contribution in [3.8, 4) is 0 Å². The van der Waals surface area contributed by atoms with E-state index in [1.807, 2.05) is 0 Å². The van der Waals surface area contributed by atoms with Gasteiger partial charge in [0.15, 0.2) is 0 Å². The van der Waals surface area contributed by atoms with Crippen molar-refractivity contribution in [3.05, 3.63) is 29.8 Å². The number of rotatable bonds is 3. The van der Waals surface area contributed by atoms with E-state index in [2.05, 4.69) is 0 Å². The molecule has 0 aromatic heterocycles. The van der Waals surface area contributed by atoms with Gasteiger partial charge in [-0.05, 0) is 26.0 Å². The molecule has 4 nitrogen and oxygen atoms in total. The molecule has 1 aromatic carbocycles. The highest BCUT2D eigenvalue weighted by molar-refractivity contribution is 6.52. The van der Waals surface area contributed by atoms with Crippen LogP contribution in [0.2, 0.25) is 0 Å². The van der Waals surface area contributed by atoms with Crippen LogP contribution >= 0.6 is 0 Å². The van der Waals surface area contributed by atoms with E-state index in [-0.39, 0.29) is 18.2 Å². The van der Waals surface area contributed by atoms with Gasteiger partial charge in [0.05, 0.1) is 11.3 Å². The van der Waals surface area contributed by atoms with Crippen LogP contribution in [0.5, 0.6) is 0 Å². The number of hydrogen-bond acceptors (Lipinski definition) is 3. The molecule has 88 valence electrons. The fourth-order valence-corrected chi connectivity index (χ4v) is 2.15. The van der Waals surface area contributed by atoms with Gasteiger partial charge >= 0.3 is 0 Å². The molecule has 0 spiro atoms. The van der Waals surface area contributed by atoms with Crippen molar-refractivity contribution in [3.63, 3.8) is 0 Å². The lowest BCUT2D eigenvalue weighted by atomic mass is 10.1. The second kappa shape index (κ2) is 4.13. The summed E-state index contributed by atoms with van der Waals surface area (Å²) in [5, 5.41) is 0. The Morgan fingerprint density at radius 1 is 1.29 bits per heavy atom. The molecule has 1 aliphatic heterocycles. The van der Waals surface area contributed by atoms with Crippen LogP contribution in [0.1, 0.15) is 30.6 Å². The summed E-state index contributed by atoms with van der Waals surface area (Å²) in [7, 11) is 0. The Bertz CT molecular complexity index is 507. The summed E-state index contributed by atoms with van der Waals surface area (Å²) >= 11 is 0. The number of ketones is 2. The van der Waals surface area contributed by atoms with Gasteiger partial charge in [0.2, 0.25) is 0 Å². The number of Topliss-reactive ketones (excluding diaryl/α,β-unsaturated/α-hetero) is 2. The number of carbonyl (C=O) groups excluding carboxylic acids is 3. The van der Waals surface area contributed by atoms with E-state index in [0.29, 0.717) is 11.3 Å². The fraction of sp³-hybridized carbons (Fsp3) is 0.308. The summed E-state index contributed by atoms with van der Waals surface area (Å²) in [5.74, 6) is -1.03. The molecule has 0 saturated carbocycles. The number of nitrogens with zero attached hydrogens (tertiary/aromatic N) is 1. The zero-order valence-electron chi connectivity index (χ0n) is 9.77. The van der Waals surface area contributed by atoms with Gasteiger partial charge in [-0.3, -0.25) is 14.4 Å². The highest BCUT2D eigenvalue weighted by Crippen LogP contribution is 2.30. The number of amides is 1. The summed E-state index contributed by atoms with van der Waals surface area (Å²) in [6, 6.07) is 6.58. The van der Waals surface area contributed by atoms with Crippen LogP contribution in [0, 0.1) is 0 Å². The highest BCUT2D eigenvalue weighted by atomic mass is 16.2. The quantitative estimate of drug-likeness (QED) is 0.742. The maximum atomic E-state index is 11.9. The van der Waals surface area contributed by atoms with Gasteiger partial charge in [-0.15, -0.1) is 0 Å². The molecule has 0 fully saturated rings. The lowest BCUT2D eigenvalue weighted by molar-refractivity contribution is -0.117. The third-order valence-corrected chi connectivity index (χ3v) is 2.84. The molecule has 4 heteroatoms. The van der Waals surface area contributed by atoms with Gasteiger partial charge in [0, 0.05) is 12.5 Å². The third-order valence-electron chi connectivity index (χ3n) is 2.84. The minimum absolute atomic E-state index is 0.00197. The smallest absolute Gasteiger partial charge is 0.299 e. The first kappa shape index (κ1) is 11.5. The van der Waals surface area contributed by atoms with E-state index < -0.39 is 11.7 Å². The Morgan fingerprint density at radius 3 is 2.59 bits per heavy atom. The van der Waals surface area contributed by atoms with E-state index in [9.17, 15) is 14.4 Å². The number of fused-ring (bicyclic) bond motifs is 1. The molecule has 0 radical (unpaired) electrons. The molecule has 0 aliphatic carbocycles. The molecule has 0 unspecified atom stereocenters. The zero-order valence-corrected chi connectivity index (χ0v) is 9.77. The second-order valence-corrected chi connectivity index (χ2v) is 4.28. The van der Waals surface area contributed by atoms with Crippen molar-refractivity contribution in [2.75, 3.05) is 4.90 Å². The van der Waals surface area contributed by atoms with Crippen molar-refractivity contribution in [2.24, 2.45) is 0 Å². The molecule has 1 aromatic rings. The minimum atomic E-state index is -0.542. The first-order valence-corrected chi connectivity index (χ1v) is 5.48. The van der Waals surface area contributed by atoms with E-state index in [1.54, 1.807) is 31.2 Å². The van der Waals surface area contributed by atoms with E-state index in [1.165, 1.54) is 11.8 Å². The van der Waals surface area contributed by atoms with Gasteiger partial charge in [0.25, 0.3) is 11.7 Å². The van der Waals surface area contributed by atoms with Crippen molar-refractivity contribution in [1.29, 1.82) is 0 Å². The molecule has 1 amide bonds. The van der Waals surface area contributed by atoms with Crippen molar-refractivity contribution >= 4 is 23.2 Å². The normalized spacial score (nSPS) is 16.0. The molecule has 0 bridgehead atoms. The van der Waals surface area contributed by atoms with E-state index in [0.717, 1.165) is 0 Å². The SMILES string of the molecule is CC(=O)C[C@H](C)N1C(=O)C(=O)c2ccccc21. The summed E-state index contributed by atoms with van der Waals surface area (Å²) in [4.78, 5) is 36.1. The number of para-hydroxylation sites is 1. The summed E-state index contributed by atoms with van der Waals surface area (Å²) in [6.45, 7) is 3.25. The number of benzene rings is 1. The summed E-state index contributed by atoms with van der Waals surface area (Å²) < 4.78 is 0. The lowest BCUT2D eigenvalue weighted by Crippen LogP contribution is -2.38. The predicted molar refractivity (Wildman–Crippen MR) is 63.0 cm³/mol. The second-order valence-electron chi connectivity index (χ2n) is 4.28. The molecule has 1 aliphatic rings. The molecule has 1 atom stereocenters. The number of carbonyl (C=O) groups is 3. The average molecular weight is 231 g/mol. The van der Waals surface area contributed by atoms with Crippen molar-refractivity contribution in [2.45, 2.75) is 26.3 Å². The van der Waals surface area contributed by atoms with Crippen LogP contribution in [0.4, 0.5) is 5.69 Å². The Kier molecular flexibility index (Phi) is 2.79. The Hall–Kier alpha value is -1.97. The van der Waals surface area contributed by atoms with Crippen LogP contribution < -0.4 is 4.90 Å². The van der Waals surface area contributed by atoms with Crippen LogP contribution in [-0.4, -0.2) is 23.5 Å². The van der Waals surface area contributed by atoms with Crippen LogP contribution in [-0.2, 0) is 9.59 Å². The fourth-order valence-electron chi connectivity index (χ4n) is 2.15. The van der Waals surface area contributed by atoms with E-state index in [4.69, 9.17) is 0 Å². The van der Waals surface area contributed by atoms with E-state index >= 15 is 0 Å². The maximum absolute atomic E-state index is 11.9. The molecule has 2 rings (SSSR count). The molecule has 0 N–H and O–H groups in total. The topological polar surface area (TPSA) is 54.5 Å².